The summed E-state index contributed by atoms with van der Waals surface area (Å²) in [5.41, 5.74) is 3.51. The van der Waals surface area contributed by atoms with Gasteiger partial charge < -0.3 is 29.1 Å². The van der Waals surface area contributed by atoms with E-state index in [2.05, 4.69) is 27.1 Å². The highest BCUT2D eigenvalue weighted by molar-refractivity contribution is 6.33. The fourth-order valence-corrected chi connectivity index (χ4v) is 4.99. The fourth-order valence-electron chi connectivity index (χ4n) is 4.73. The lowest BCUT2D eigenvalue weighted by atomic mass is 9.93. The van der Waals surface area contributed by atoms with E-state index in [-0.39, 0.29) is 25.6 Å². The second-order valence-corrected chi connectivity index (χ2v) is 9.24. The number of aromatic nitrogens is 3. The molecular formula is C26H22ClN3O5. The maximum atomic E-state index is 10.9. The van der Waals surface area contributed by atoms with Crippen LogP contribution in [0.25, 0.3) is 33.5 Å². The molecule has 0 spiro atoms. The number of ether oxygens (including phenoxy) is 3. The van der Waals surface area contributed by atoms with Gasteiger partial charge in [0, 0.05) is 12.0 Å². The zero-order chi connectivity index (χ0) is 24.0. The van der Waals surface area contributed by atoms with Crippen LogP contribution in [0.5, 0.6) is 6.01 Å². The number of carbonyl (C=O) groups excluding carboxylic acids is 1. The molecule has 4 unspecified atom stereocenters. The smallest absolute Gasteiger partial charge is 0.296 e. The van der Waals surface area contributed by atoms with Crippen LogP contribution in [0.1, 0.15) is 6.42 Å². The molecule has 0 bridgehead atoms. The molecular weight excluding hydrogens is 470 g/mol. The molecule has 35 heavy (non-hydrogen) atoms. The summed E-state index contributed by atoms with van der Waals surface area (Å²) in [6.45, 7) is 0.228. The monoisotopic (exact) mass is 491 g/mol. The van der Waals surface area contributed by atoms with Crippen molar-refractivity contribution in [1.29, 1.82) is 0 Å². The van der Waals surface area contributed by atoms with Crippen LogP contribution >= 0.6 is 11.6 Å². The molecule has 6 rings (SSSR count). The van der Waals surface area contributed by atoms with Crippen molar-refractivity contribution in [2.75, 3.05) is 13.2 Å². The van der Waals surface area contributed by atoms with Crippen LogP contribution in [0, 0.1) is 0 Å². The number of benzene rings is 2. The van der Waals surface area contributed by atoms with Gasteiger partial charge in [-0.25, -0.2) is 4.98 Å². The van der Waals surface area contributed by atoms with Crippen LogP contribution in [0.15, 0.2) is 60.7 Å². The third-order valence-electron chi connectivity index (χ3n) is 6.53. The summed E-state index contributed by atoms with van der Waals surface area (Å²) < 4.78 is 17.4. The summed E-state index contributed by atoms with van der Waals surface area (Å²) in [4.78, 5) is 23.2. The standard InChI is InChI=1S/C26H22ClN3O5/c27-18-12-19-24(29-21(18)17-8-6-16(7-9-17)15-4-2-1-3-5-15)30-25(28-19)35-20-13-33-23-22(20)34-14-26(23,32)10-11-31/h1-9,11-12,20,22-23,32H,10,13-14H2,(H,28,29,30). The molecule has 2 aromatic carbocycles. The number of nitrogens with zero attached hydrogens (tertiary/aromatic N) is 2. The lowest BCUT2D eigenvalue weighted by molar-refractivity contribution is -0.118. The minimum Gasteiger partial charge on any atom is -0.456 e. The quantitative estimate of drug-likeness (QED) is 0.395. The number of hydrogen-bond donors (Lipinski definition) is 2. The van der Waals surface area contributed by atoms with E-state index < -0.39 is 23.9 Å². The fraction of sp³-hybridized carbons (Fsp3) is 0.269. The van der Waals surface area contributed by atoms with Crippen LogP contribution in [-0.4, -0.2) is 63.5 Å². The van der Waals surface area contributed by atoms with Gasteiger partial charge in [0.15, 0.2) is 11.8 Å². The van der Waals surface area contributed by atoms with Crippen molar-refractivity contribution in [2.45, 2.75) is 30.3 Å². The lowest BCUT2D eigenvalue weighted by Crippen LogP contribution is -2.44. The Morgan fingerprint density at radius 2 is 1.83 bits per heavy atom. The van der Waals surface area contributed by atoms with Gasteiger partial charge >= 0.3 is 0 Å². The van der Waals surface area contributed by atoms with Crippen molar-refractivity contribution in [3.8, 4) is 28.4 Å². The van der Waals surface area contributed by atoms with Crippen molar-refractivity contribution in [1.82, 2.24) is 15.0 Å². The van der Waals surface area contributed by atoms with E-state index in [1.54, 1.807) is 6.07 Å². The molecule has 0 amide bonds. The number of hydrogen-bond acceptors (Lipinski definition) is 7. The topological polar surface area (TPSA) is 107 Å². The number of H-pyrrole nitrogens is 1. The minimum atomic E-state index is -1.33. The second-order valence-electron chi connectivity index (χ2n) is 8.84. The van der Waals surface area contributed by atoms with E-state index >= 15 is 0 Å². The lowest BCUT2D eigenvalue weighted by Gasteiger charge is -2.23. The van der Waals surface area contributed by atoms with Crippen molar-refractivity contribution in [3.05, 3.63) is 65.7 Å². The van der Waals surface area contributed by atoms with E-state index in [1.165, 1.54) is 0 Å². The van der Waals surface area contributed by atoms with Gasteiger partial charge in [0.1, 0.15) is 24.1 Å². The van der Waals surface area contributed by atoms with E-state index in [4.69, 9.17) is 25.8 Å². The SMILES string of the molecule is O=CCC1(O)COC2C(Oc3nc4nc(-c5ccc(-c6ccccc6)cc5)c(Cl)cc4[nH]3)COC21. The Labute approximate surface area is 205 Å². The third kappa shape index (κ3) is 3.98. The molecule has 2 saturated heterocycles. The maximum Gasteiger partial charge on any atom is 0.296 e. The van der Waals surface area contributed by atoms with E-state index in [0.717, 1.165) is 16.7 Å². The highest BCUT2D eigenvalue weighted by Gasteiger charge is 2.56. The first-order chi connectivity index (χ1) is 17.0. The van der Waals surface area contributed by atoms with Crippen LogP contribution in [0.2, 0.25) is 5.02 Å². The highest BCUT2D eigenvalue weighted by atomic mass is 35.5. The van der Waals surface area contributed by atoms with Gasteiger partial charge in [-0.2, -0.15) is 4.98 Å². The number of fused-ring (bicyclic) bond motifs is 2. The predicted octanol–water partition coefficient (Wildman–Crippen LogP) is 3.81. The summed E-state index contributed by atoms with van der Waals surface area (Å²) in [5, 5.41) is 11.1. The highest BCUT2D eigenvalue weighted by Crippen LogP contribution is 2.37. The Bertz CT molecular complexity index is 1380. The molecule has 9 heteroatoms. The van der Waals surface area contributed by atoms with E-state index in [0.29, 0.717) is 28.2 Å². The molecule has 4 heterocycles. The Morgan fingerprint density at radius 1 is 1.09 bits per heavy atom. The Hall–Kier alpha value is -3.30. The van der Waals surface area contributed by atoms with Crippen molar-refractivity contribution >= 4 is 29.1 Å². The van der Waals surface area contributed by atoms with Gasteiger partial charge in [0.05, 0.1) is 29.4 Å². The Morgan fingerprint density at radius 3 is 2.60 bits per heavy atom. The molecule has 178 valence electrons. The summed E-state index contributed by atoms with van der Waals surface area (Å²) in [7, 11) is 0. The predicted molar refractivity (Wildman–Crippen MR) is 129 cm³/mol. The molecule has 0 saturated carbocycles. The summed E-state index contributed by atoms with van der Waals surface area (Å²) >= 11 is 6.56. The number of nitrogens with one attached hydrogen (secondary N) is 1. The maximum absolute atomic E-state index is 10.9. The molecule has 0 radical (unpaired) electrons. The molecule has 4 atom stereocenters. The zero-order valence-electron chi connectivity index (χ0n) is 18.6. The van der Waals surface area contributed by atoms with Crippen molar-refractivity contribution < 1.29 is 24.1 Å². The Kier molecular flexibility index (Phi) is 5.53. The van der Waals surface area contributed by atoms with Crippen LogP contribution < -0.4 is 4.74 Å². The van der Waals surface area contributed by atoms with Gasteiger partial charge in [-0.3, -0.25) is 0 Å². The second kappa shape index (κ2) is 8.73. The summed E-state index contributed by atoms with van der Waals surface area (Å²) in [6, 6.07) is 20.2. The molecule has 2 N–H and O–H groups in total. The molecule has 2 aliphatic heterocycles. The number of aldehydes is 1. The first-order valence-electron chi connectivity index (χ1n) is 11.3. The van der Waals surface area contributed by atoms with Crippen LogP contribution in [-0.2, 0) is 14.3 Å². The normalized spacial score (nSPS) is 25.6. The van der Waals surface area contributed by atoms with Crippen LogP contribution in [0.4, 0.5) is 0 Å². The molecule has 2 aliphatic rings. The molecule has 8 nitrogen and oxygen atoms in total. The zero-order valence-corrected chi connectivity index (χ0v) is 19.3. The van der Waals surface area contributed by atoms with E-state index in [9.17, 15) is 9.90 Å². The first kappa shape index (κ1) is 22.2. The van der Waals surface area contributed by atoms with Crippen molar-refractivity contribution in [2.24, 2.45) is 0 Å². The number of halogens is 1. The minimum absolute atomic E-state index is 0.0185. The summed E-state index contributed by atoms with van der Waals surface area (Å²) in [6.07, 6.45) is -0.987. The van der Waals surface area contributed by atoms with Gasteiger partial charge in [-0.05, 0) is 17.2 Å². The summed E-state index contributed by atoms with van der Waals surface area (Å²) in [5.74, 6) is 0. The van der Waals surface area contributed by atoms with Gasteiger partial charge in [0.25, 0.3) is 6.01 Å². The van der Waals surface area contributed by atoms with Gasteiger partial charge in [0.2, 0.25) is 0 Å². The average molecular weight is 492 g/mol. The first-order valence-corrected chi connectivity index (χ1v) is 11.7. The van der Waals surface area contributed by atoms with Gasteiger partial charge in [-0.15, -0.1) is 0 Å². The number of pyridine rings is 1. The Balaban J connectivity index is 1.23. The number of imidazole rings is 1. The van der Waals surface area contributed by atoms with Crippen molar-refractivity contribution in [3.63, 3.8) is 0 Å². The largest absolute Gasteiger partial charge is 0.456 e. The van der Waals surface area contributed by atoms with Crippen LogP contribution in [0.3, 0.4) is 0 Å². The number of carbonyl (C=O) groups is 1. The number of aliphatic hydroxyl groups is 1. The number of aromatic amines is 1. The van der Waals surface area contributed by atoms with E-state index in [1.807, 2.05) is 42.5 Å². The third-order valence-corrected chi connectivity index (χ3v) is 6.82. The molecule has 2 fully saturated rings. The number of rotatable bonds is 6. The van der Waals surface area contributed by atoms with Gasteiger partial charge in [-0.1, -0.05) is 66.2 Å². The average Bonchev–Trinajstić information content (AvgIpc) is 3.55. The molecule has 2 aromatic heterocycles. The molecule has 4 aromatic rings. The molecule has 0 aliphatic carbocycles.